The van der Waals surface area contributed by atoms with E-state index in [0.717, 1.165) is 90.7 Å². The molecule has 4 heteroatoms. The molecule has 0 spiro atoms. The van der Waals surface area contributed by atoms with E-state index in [1.54, 1.807) is 29.5 Å². The summed E-state index contributed by atoms with van der Waals surface area (Å²) in [5.74, 6) is 0. The minimum absolute atomic E-state index is 0.125. The lowest BCUT2D eigenvalue weighted by Crippen LogP contribution is -2.74. The molecule has 2 nitrogen and oxygen atoms in total. The number of thiophene rings is 1. The maximum atomic E-state index is 9.69. The molecule has 3 heterocycles. The van der Waals surface area contributed by atoms with Crippen molar-refractivity contribution in [1.29, 1.82) is 0 Å². The highest BCUT2D eigenvalue weighted by Gasteiger charge is 2.41. The van der Waals surface area contributed by atoms with Crippen LogP contribution in [0.2, 0.25) is 0 Å². The zero-order valence-corrected chi connectivity index (χ0v) is 42.2. The molecule has 3 aromatic heterocycles. The Balaban J connectivity index is 1.05. The summed E-state index contributed by atoms with van der Waals surface area (Å²) in [5.41, 5.74) is 5.78. The van der Waals surface area contributed by atoms with Crippen LogP contribution in [-0.4, -0.2) is 17.2 Å². The smallest absolute Gasteiger partial charge is 0.179 e. The molecule has 12 aromatic carbocycles. The third-order valence-corrected chi connectivity index (χ3v) is 20.6. The van der Waals surface area contributed by atoms with Crippen LogP contribution in [0.15, 0.2) is 291 Å². The third kappa shape index (κ3) is 6.92. The van der Waals surface area contributed by atoms with Gasteiger partial charge in [-0.3, -0.25) is 0 Å². The number of nitrogens with zero attached hydrogens (tertiary/aromatic N) is 2. The van der Waals surface area contributed by atoms with Gasteiger partial charge in [0.15, 0.2) is 8.07 Å². The van der Waals surface area contributed by atoms with Crippen molar-refractivity contribution in [2.45, 2.75) is 0 Å². The van der Waals surface area contributed by atoms with Gasteiger partial charge in [0.25, 0.3) is 0 Å². The van der Waals surface area contributed by atoms with Gasteiger partial charge >= 0.3 is 0 Å². The summed E-state index contributed by atoms with van der Waals surface area (Å²) in [6, 6.07) is 58.4. The second-order valence-corrected chi connectivity index (χ2v) is 23.7. The van der Waals surface area contributed by atoms with Crippen LogP contribution in [0.1, 0.15) is 20.6 Å². The van der Waals surface area contributed by atoms with Crippen LogP contribution >= 0.6 is 11.3 Å². The minimum Gasteiger partial charge on any atom is -0.309 e. The predicted octanol–water partition coefficient (Wildman–Crippen LogP) is 16.6. The molecule has 0 aliphatic carbocycles. The van der Waals surface area contributed by atoms with Gasteiger partial charge in [-0.1, -0.05) is 224 Å². The average molecular weight is 1020 g/mol. The number of hydrogen-bond acceptors (Lipinski definition) is 1. The van der Waals surface area contributed by atoms with Crippen molar-refractivity contribution in [3.05, 3.63) is 291 Å². The van der Waals surface area contributed by atoms with Crippen LogP contribution in [0.5, 0.6) is 0 Å². The summed E-state index contributed by atoms with van der Waals surface area (Å²) in [5, 5.41) is 8.23. The van der Waals surface area contributed by atoms with Crippen molar-refractivity contribution in [3.8, 4) is 44.8 Å². The van der Waals surface area contributed by atoms with Gasteiger partial charge in [0.05, 0.1) is 42.6 Å². The topological polar surface area (TPSA) is 9.86 Å². The standard InChI is InChI=1S/C72H48N2SSi/c1-6-21-49(22-7-1)58-33-20-34-59(50-23-8-2-9-24-50)72(58)51-37-42-67-63(45-51)64-46-52(38-43-68(64)73(67)53-39-44-71-65(47-53)62-32-17-19-36-70(62)75-71)74-66-35-18-16-31-60(66)61-41-40-57(48-69(61)74)76(54-25-10-3-11-26-54,55-27-12-4-13-28-55)56-29-14-5-15-30-56/h1-48H/i1D,2D,3D,6D,7D,8D,9D,10D,11D,21D,22D,23D,24D,25D,26D. The second kappa shape index (κ2) is 18.0. The number of hydrogen-bond donors (Lipinski definition) is 0. The minimum atomic E-state index is -3.86. The molecule has 15 rings (SSSR count). The van der Waals surface area contributed by atoms with E-state index < -0.39 is 86.6 Å². The average Bonchev–Trinajstić information content (AvgIpc) is 1.18. The van der Waals surface area contributed by atoms with Crippen LogP contribution in [-0.2, 0) is 0 Å². The number of fused-ring (bicyclic) bond motifs is 9. The number of aromatic nitrogens is 2. The van der Waals surface area contributed by atoms with Crippen LogP contribution in [0.25, 0.3) is 109 Å². The Morgan fingerprint density at radius 1 is 0.303 bits per heavy atom. The van der Waals surface area contributed by atoms with Crippen LogP contribution < -0.4 is 20.7 Å². The van der Waals surface area contributed by atoms with E-state index in [4.69, 9.17) is 12.3 Å². The van der Waals surface area contributed by atoms with E-state index in [0.29, 0.717) is 5.56 Å². The SMILES string of the molecule is [2H]c1c([2H])c([2H])c(-c2cccc(-c3c([2H])c([2H])c([2H])c([2H])c3[2H])c2-c2ccc3c(c2)c2cc(-n4c5ccccc5c5ccc([Si](c6ccccc6)(c6ccccc6)c6c([2H])c([2H])c([2H])c([2H])c6[2H])cc54)ccc2n3-c2ccc3sc4ccccc4c3c2)c([2H])c1[2H]. The highest BCUT2D eigenvalue weighted by molar-refractivity contribution is 7.25. The quantitative estimate of drug-likeness (QED) is 0.101. The monoisotopic (exact) mass is 1020 g/mol. The first-order valence-corrected chi connectivity index (χ1v) is 27.7. The molecule has 356 valence electrons. The molecule has 0 radical (unpaired) electrons. The molecule has 0 bridgehead atoms. The number of para-hydroxylation sites is 1. The maximum Gasteiger partial charge on any atom is 0.179 e. The summed E-state index contributed by atoms with van der Waals surface area (Å²) < 4.78 is 142. The van der Waals surface area contributed by atoms with Gasteiger partial charge in [0.1, 0.15) is 0 Å². The Kier molecular flexibility index (Phi) is 7.43. The molecule has 0 amide bonds. The van der Waals surface area contributed by atoms with Gasteiger partial charge in [-0.15, -0.1) is 11.3 Å². The van der Waals surface area contributed by atoms with Crippen LogP contribution in [0.4, 0.5) is 0 Å². The highest BCUT2D eigenvalue weighted by atomic mass is 32.1. The van der Waals surface area contributed by atoms with Crippen LogP contribution in [0.3, 0.4) is 0 Å². The van der Waals surface area contributed by atoms with Gasteiger partial charge in [-0.2, -0.15) is 0 Å². The third-order valence-electron chi connectivity index (χ3n) is 14.9. The van der Waals surface area contributed by atoms with Gasteiger partial charge in [-0.25, -0.2) is 0 Å². The van der Waals surface area contributed by atoms with E-state index in [-0.39, 0.29) is 45.1 Å². The lowest BCUT2D eigenvalue weighted by atomic mass is 9.87. The van der Waals surface area contributed by atoms with Gasteiger partial charge < -0.3 is 9.13 Å². The molecular weight excluding hydrogens is 953 g/mol. The zero-order chi connectivity index (χ0) is 63.2. The molecule has 15 aromatic rings. The van der Waals surface area contributed by atoms with E-state index >= 15 is 0 Å². The lowest BCUT2D eigenvalue weighted by molar-refractivity contribution is 1.17. The fourth-order valence-corrected chi connectivity index (χ4v) is 17.2. The Bertz CT molecular complexity index is 5410. The van der Waals surface area contributed by atoms with Crippen molar-refractivity contribution in [2.75, 3.05) is 0 Å². The Hall–Kier alpha value is -9.32. The van der Waals surface area contributed by atoms with Crippen LogP contribution in [0, 0.1) is 0 Å². The number of rotatable bonds is 9. The van der Waals surface area contributed by atoms with Crippen molar-refractivity contribution in [2.24, 2.45) is 0 Å². The van der Waals surface area contributed by atoms with Crippen molar-refractivity contribution in [1.82, 2.24) is 9.13 Å². The molecular formula is C72H48N2SSi. The molecule has 0 saturated carbocycles. The fourth-order valence-electron chi connectivity index (χ4n) is 11.7. The van der Waals surface area contributed by atoms with E-state index in [9.17, 15) is 8.22 Å². The first-order valence-electron chi connectivity index (χ1n) is 32.4. The van der Waals surface area contributed by atoms with Crippen molar-refractivity contribution in [3.63, 3.8) is 0 Å². The maximum absolute atomic E-state index is 9.69. The van der Waals surface area contributed by atoms with Gasteiger partial charge in [-0.05, 0) is 121 Å². The Morgan fingerprint density at radius 2 is 0.816 bits per heavy atom. The van der Waals surface area contributed by atoms with Crippen molar-refractivity contribution < 1.29 is 20.6 Å². The normalized spacial score (nSPS) is 14.7. The molecule has 0 unspecified atom stereocenters. The molecule has 76 heavy (non-hydrogen) atoms. The summed E-state index contributed by atoms with van der Waals surface area (Å²) in [6.45, 7) is 0. The number of benzene rings is 12. The predicted molar refractivity (Wildman–Crippen MR) is 328 cm³/mol. The summed E-state index contributed by atoms with van der Waals surface area (Å²) in [4.78, 5) is 0. The lowest BCUT2D eigenvalue weighted by Gasteiger charge is -2.34. The second-order valence-electron chi connectivity index (χ2n) is 18.8. The molecule has 0 fully saturated rings. The highest BCUT2D eigenvalue weighted by Crippen LogP contribution is 2.44. The molecule has 0 atom stereocenters. The van der Waals surface area contributed by atoms with Gasteiger partial charge in [0.2, 0.25) is 0 Å². The fraction of sp³-hybridized carbons (Fsp3) is 0. The Labute approximate surface area is 467 Å². The Morgan fingerprint density at radius 3 is 1.50 bits per heavy atom. The molecule has 0 aliphatic heterocycles. The zero-order valence-electron chi connectivity index (χ0n) is 55.4. The molecule has 0 N–H and O–H groups in total. The first kappa shape index (κ1) is 31.4. The van der Waals surface area contributed by atoms with Gasteiger partial charge in [0, 0.05) is 53.1 Å². The summed E-state index contributed by atoms with van der Waals surface area (Å²) in [7, 11) is -3.86. The summed E-state index contributed by atoms with van der Waals surface area (Å²) in [6.07, 6.45) is 0. The summed E-state index contributed by atoms with van der Waals surface area (Å²) >= 11 is 1.71. The van der Waals surface area contributed by atoms with E-state index in [1.807, 2.05) is 103 Å². The van der Waals surface area contributed by atoms with Crippen molar-refractivity contribution >= 4 is 104 Å². The van der Waals surface area contributed by atoms with E-state index in [2.05, 4.69) is 88.0 Å². The van der Waals surface area contributed by atoms with E-state index in [1.165, 1.54) is 0 Å². The first-order chi connectivity index (χ1) is 43.9. The largest absolute Gasteiger partial charge is 0.309 e. The molecule has 0 saturated heterocycles. The molecule has 0 aliphatic rings.